The highest BCUT2D eigenvalue weighted by Crippen LogP contribution is 2.22. The molecule has 2 N–H and O–H groups in total. The Morgan fingerprint density at radius 1 is 1.20 bits per heavy atom. The van der Waals surface area contributed by atoms with Crippen molar-refractivity contribution in [3.8, 4) is 17.2 Å². The maximum Gasteiger partial charge on any atom is 0.277 e. The van der Waals surface area contributed by atoms with Crippen molar-refractivity contribution in [2.45, 2.75) is 20.3 Å². The first kappa shape index (κ1) is 18.3. The molecule has 0 fully saturated rings. The number of hydrazone groups is 1. The molecule has 0 bridgehead atoms. The van der Waals surface area contributed by atoms with Gasteiger partial charge in [-0.1, -0.05) is 19.1 Å². The number of rotatable bonds is 8. The van der Waals surface area contributed by atoms with Crippen molar-refractivity contribution in [2.75, 3.05) is 13.2 Å². The molecule has 0 saturated carbocycles. The van der Waals surface area contributed by atoms with Crippen molar-refractivity contribution < 1.29 is 19.4 Å². The quantitative estimate of drug-likeness (QED) is 0.571. The van der Waals surface area contributed by atoms with E-state index in [1.165, 1.54) is 12.3 Å². The van der Waals surface area contributed by atoms with Crippen LogP contribution in [0.15, 0.2) is 47.6 Å². The Balaban J connectivity index is 1.82. The first-order chi connectivity index (χ1) is 12.1. The summed E-state index contributed by atoms with van der Waals surface area (Å²) in [7, 11) is 0. The number of phenolic OH excluding ortho intramolecular Hbond substituents is 1. The van der Waals surface area contributed by atoms with E-state index >= 15 is 0 Å². The predicted octanol–water partition coefficient (Wildman–Crippen LogP) is 3.02. The van der Waals surface area contributed by atoms with Gasteiger partial charge in [0.2, 0.25) is 0 Å². The number of benzene rings is 2. The summed E-state index contributed by atoms with van der Waals surface area (Å²) in [5.74, 6) is 0.856. The monoisotopic (exact) mass is 342 g/mol. The second-order valence-corrected chi connectivity index (χ2v) is 5.47. The van der Waals surface area contributed by atoms with Crippen LogP contribution < -0.4 is 14.9 Å². The SMILES string of the molecule is CCCOc1ccc(/C=N/NC(=O)COc2cccc(C)c2)c(O)c1. The van der Waals surface area contributed by atoms with E-state index < -0.39 is 0 Å². The van der Waals surface area contributed by atoms with E-state index in [4.69, 9.17) is 9.47 Å². The maximum atomic E-state index is 11.7. The van der Waals surface area contributed by atoms with Crippen LogP contribution in [0.1, 0.15) is 24.5 Å². The van der Waals surface area contributed by atoms with E-state index in [9.17, 15) is 9.90 Å². The standard InChI is InChI=1S/C19H22N2O4/c1-3-9-24-17-8-7-15(18(22)11-17)12-20-21-19(23)13-25-16-6-4-5-14(2)10-16/h4-8,10-12,22H,3,9,13H2,1-2H3,(H,21,23)/b20-12+. The fourth-order valence-corrected chi connectivity index (χ4v) is 2.00. The first-order valence-electron chi connectivity index (χ1n) is 8.05. The minimum Gasteiger partial charge on any atom is -0.507 e. The molecule has 0 heterocycles. The molecule has 0 radical (unpaired) electrons. The Hall–Kier alpha value is -3.02. The van der Waals surface area contributed by atoms with E-state index in [2.05, 4.69) is 10.5 Å². The van der Waals surface area contributed by atoms with Crippen molar-refractivity contribution >= 4 is 12.1 Å². The molecule has 2 aromatic rings. The summed E-state index contributed by atoms with van der Waals surface area (Å²) in [5.41, 5.74) is 3.88. The molecule has 2 rings (SSSR count). The Kier molecular flexibility index (Phi) is 6.83. The van der Waals surface area contributed by atoms with Crippen molar-refractivity contribution in [3.63, 3.8) is 0 Å². The molecule has 0 atom stereocenters. The lowest BCUT2D eigenvalue weighted by atomic mass is 10.2. The summed E-state index contributed by atoms with van der Waals surface area (Å²) in [6.45, 7) is 4.40. The lowest BCUT2D eigenvalue weighted by Crippen LogP contribution is -2.24. The predicted molar refractivity (Wildman–Crippen MR) is 96.3 cm³/mol. The minimum absolute atomic E-state index is 0.0302. The summed E-state index contributed by atoms with van der Waals surface area (Å²) < 4.78 is 10.8. The minimum atomic E-state index is -0.389. The molecule has 2 aromatic carbocycles. The summed E-state index contributed by atoms with van der Waals surface area (Å²) in [4.78, 5) is 11.7. The molecule has 6 heteroatoms. The van der Waals surface area contributed by atoms with Crippen LogP contribution in [0.2, 0.25) is 0 Å². The van der Waals surface area contributed by atoms with Crippen LogP contribution in [0.3, 0.4) is 0 Å². The summed E-state index contributed by atoms with van der Waals surface area (Å²) in [6.07, 6.45) is 2.25. The fourth-order valence-electron chi connectivity index (χ4n) is 2.00. The molecular formula is C19H22N2O4. The van der Waals surface area contributed by atoms with Crippen molar-refractivity contribution in [2.24, 2.45) is 5.10 Å². The Morgan fingerprint density at radius 2 is 2.00 bits per heavy atom. The molecule has 6 nitrogen and oxygen atoms in total. The zero-order chi connectivity index (χ0) is 18.1. The van der Waals surface area contributed by atoms with Gasteiger partial charge in [0.1, 0.15) is 17.2 Å². The summed E-state index contributed by atoms with van der Waals surface area (Å²) in [5, 5.41) is 13.7. The van der Waals surface area contributed by atoms with E-state index in [1.807, 2.05) is 32.0 Å². The summed E-state index contributed by atoms with van der Waals surface area (Å²) in [6, 6.07) is 12.3. The zero-order valence-corrected chi connectivity index (χ0v) is 14.4. The second-order valence-electron chi connectivity index (χ2n) is 5.47. The molecule has 0 aliphatic rings. The molecule has 0 aliphatic carbocycles. The number of ether oxygens (including phenoxy) is 2. The number of phenols is 1. The van der Waals surface area contributed by atoms with Gasteiger partial charge < -0.3 is 14.6 Å². The number of carbonyl (C=O) groups is 1. The lowest BCUT2D eigenvalue weighted by molar-refractivity contribution is -0.123. The molecule has 0 unspecified atom stereocenters. The molecule has 0 saturated heterocycles. The number of hydrogen-bond acceptors (Lipinski definition) is 5. The lowest BCUT2D eigenvalue weighted by Gasteiger charge is -2.06. The van der Waals surface area contributed by atoms with Crippen LogP contribution in [0.4, 0.5) is 0 Å². The first-order valence-corrected chi connectivity index (χ1v) is 8.05. The Bertz CT molecular complexity index is 744. The molecule has 25 heavy (non-hydrogen) atoms. The third-order valence-corrected chi connectivity index (χ3v) is 3.23. The van der Waals surface area contributed by atoms with E-state index in [1.54, 1.807) is 18.2 Å². The number of aryl methyl sites for hydroxylation is 1. The van der Waals surface area contributed by atoms with Crippen molar-refractivity contribution in [1.82, 2.24) is 5.43 Å². The van der Waals surface area contributed by atoms with Gasteiger partial charge in [0, 0.05) is 11.6 Å². The van der Waals surface area contributed by atoms with E-state index in [0.717, 1.165) is 12.0 Å². The number of nitrogens with zero attached hydrogens (tertiary/aromatic N) is 1. The third kappa shape index (κ3) is 6.18. The van der Waals surface area contributed by atoms with Gasteiger partial charge in [0.15, 0.2) is 6.61 Å². The van der Waals surface area contributed by atoms with Crippen LogP contribution in [-0.4, -0.2) is 30.4 Å². The van der Waals surface area contributed by atoms with Crippen LogP contribution in [0.25, 0.3) is 0 Å². The van der Waals surface area contributed by atoms with Gasteiger partial charge in [-0.05, 0) is 43.2 Å². The topological polar surface area (TPSA) is 80.2 Å². The molecule has 0 spiro atoms. The van der Waals surface area contributed by atoms with Crippen molar-refractivity contribution in [3.05, 3.63) is 53.6 Å². The fraction of sp³-hybridized carbons (Fsp3) is 0.263. The average Bonchev–Trinajstić information content (AvgIpc) is 2.60. The zero-order valence-electron chi connectivity index (χ0n) is 14.4. The van der Waals surface area contributed by atoms with Gasteiger partial charge >= 0.3 is 0 Å². The molecule has 0 aliphatic heterocycles. The normalized spacial score (nSPS) is 10.6. The Labute approximate surface area is 147 Å². The van der Waals surface area contributed by atoms with E-state index in [-0.39, 0.29) is 18.3 Å². The second kappa shape index (κ2) is 9.32. The van der Waals surface area contributed by atoms with Gasteiger partial charge in [-0.25, -0.2) is 5.43 Å². The highest BCUT2D eigenvalue weighted by Gasteiger charge is 2.03. The van der Waals surface area contributed by atoms with Crippen LogP contribution in [-0.2, 0) is 4.79 Å². The number of nitrogens with one attached hydrogen (secondary N) is 1. The maximum absolute atomic E-state index is 11.7. The molecular weight excluding hydrogens is 320 g/mol. The Morgan fingerprint density at radius 3 is 2.72 bits per heavy atom. The number of hydrogen-bond donors (Lipinski definition) is 2. The van der Waals surface area contributed by atoms with Crippen molar-refractivity contribution in [1.29, 1.82) is 0 Å². The summed E-state index contributed by atoms with van der Waals surface area (Å²) >= 11 is 0. The van der Waals surface area contributed by atoms with Gasteiger partial charge in [0.05, 0.1) is 12.8 Å². The number of aromatic hydroxyl groups is 1. The van der Waals surface area contributed by atoms with Gasteiger partial charge in [-0.2, -0.15) is 5.10 Å². The van der Waals surface area contributed by atoms with E-state index in [0.29, 0.717) is 23.7 Å². The average molecular weight is 342 g/mol. The largest absolute Gasteiger partial charge is 0.507 e. The molecule has 0 aromatic heterocycles. The van der Waals surface area contributed by atoms with Crippen LogP contribution in [0.5, 0.6) is 17.2 Å². The van der Waals surface area contributed by atoms with Gasteiger partial charge in [-0.15, -0.1) is 0 Å². The molecule has 132 valence electrons. The van der Waals surface area contributed by atoms with Crippen LogP contribution >= 0.6 is 0 Å². The van der Waals surface area contributed by atoms with Gasteiger partial charge in [0.25, 0.3) is 5.91 Å². The number of amides is 1. The number of carbonyl (C=O) groups excluding carboxylic acids is 1. The highest BCUT2D eigenvalue weighted by atomic mass is 16.5. The van der Waals surface area contributed by atoms with Crippen LogP contribution in [0, 0.1) is 6.92 Å². The third-order valence-electron chi connectivity index (χ3n) is 3.23. The smallest absolute Gasteiger partial charge is 0.277 e. The highest BCUT2D eigenvalue weighted by molar-refractivity contribution is 5.85. The molecule has 1 amide bonds. The van der Waals surface area contributed by atoms with Gasteiger partial charge in [-0.3, -0.25) is 4.79 Å².